The summed E-state index contributed by atoms with van der Waals surface area (Å²) in [6.07, 6.45) is 0. The minimum absolute atomic E-state index is 0.333. The van der Waals surface area contributed by atoms with Gasteiger partial charge in [-0.2, -0.15) is 0 Å². The molecule has 0 aliphatic rings. The number of nitrogens with two attached hydrogens (primary N) is 3. The number of guanidine groups is 1. The molecule has 0 heterocycles. The van der Waals surface area contributed by atoms with Crippen LogP contribution in [0, 0.1) is 15.5 Å². The first-order valence-electron chi connectivity index (χ1n) is 2.39. The molecule has 0 aliphatic carbocycles. The highest BCUT2D eigenvalue weighted by molar-refractivity contribution is 5.71. The molecule has 0 aromatic rings. The number of carbonyl (C=O) groups is 1. The molecular weight excluding hydrogens is 170 g/mol. The molecule has 0 aromatic carbocycles. The predicted octanol–water partition coefficient (Wildman–Crippen LogP) is -2.02. The fourth-order valence-electron chi connectivity index (χ4n) is 0. The number of hydrogen-bond acceptors (Lipinski definition) is 4. The van der Waals surface area contributed by atoms with E-state index in [-0.39, 0.29) is 11.9 Å². The van der Waals surface area contributed by atoms with Gasteiger partial charge in [-0.1, -0.05) is 0 Å². The second-order valence-electron chi connectivity index (χ2n) is 1.30. The van der Waals surface area contributed by atoms with Gasteiger partial charge in [0.05, 0.1) is 0 Å². The van der Waals surface area contributed by atoms with Gasteiger partial charge in [0, 0.05) is 6.92 Å². The molecule has 1 amide bonds. The van der Waals surface area contributed by atoms with Gasteiger partial charge in [-0.05, 0) is 0 Å². The summed E-state index contributed by atoms with van der Waals surface area (Å²) < 4.78 is 0. The first-order chi connectivity index (χ1) is 5.20. The summed E-state index contributed by atoms with van der Waals surface area (Å²) in [7, 11) is 0. The van der Waals surface area contributed by atoms with Gasteiger partial charge in [-0.3, -0.25) is 10.2 Å². The molecular formula is C3H11N5O4. The Hall–Kier alpha value is -2.06. The normalized spacial score (nSPS) is 6.08. The van der Waals surface area contributed by atoms with Crippen LogP contribution in [-0.4, -0.2) is 22.2 Å². The SMILES string of the molecule is CC(N)=O.N=C(N)N.O=[N+]([O-])O. The quantitative estimate of drug-likeness (QED) is 0.124. The van der Waals surface area contributed by atoms with E-state index in [2.05, 4.69) is 17.2 Å². The van der Waals surface area contributed by atoms with Crippen molar-refractivity contribution in [2.24, 2.45) is 17.2 Å². The van der Waals surface area contributed by atoms with Crippen molar-refractivity contribution in [3.05, 3.63) is 10.1 Å². The van der Waals surface area contributed by atoms with Gasteiger partial charge in [-0.25, -0.2) is 0 Å². The van der Waals surface area contributed by atoms with Crippen molar-refractivity contribution in [3.63, 3.8) is 0 Å². The molecule has 0 aromatic heterocycles. The van der Waals surface area contributed by atoms with Crippen LogP contribution in [-0.2, 0) is 4.79 Å². The minimum atomic E-state index is -1.50. The summed E-state index contributed by atoms with van der Waals surface area (Å²) in [5.41, 5.74) is 13.4. The van der Waals surface area contributed by atoms with Crippen LogP contribution < -0.4 is 17.2 Å². The molecule has 0 rings (SSSR count). The van der Waals surface area contributed by atoms with Gasteiger partial charge in [0.1, 0.15) is 0 Å². The second kappa shape index (κ2) is 11.7. The Labute approximate surface area is 67.7 Å². The van der Waals surface area contributed by atoms with Crippen LogP contribution in [0.3, 0.4) is 0 Å². The zero-order valence-electron chi connectivity index (χ0n) is 6.35. The summed E-state index contributed by atoms with van der Waals surface area (Å²) >= 11 is 0. The molecule has 0 saturated carbocycles. The Balaban J connectivity index is -0.000000101. The Morgan fingerprint density at radius 1 is 1.50 bits per heavy atom. The van der Waals surface area contributed by atoms with Gasteiger partial charge in [0.2, 0.25) is 5.91 Å². The number of primary amides is 1. The van der Waals surface area contributed by atoms with Gasteiger partial charge in [-0.15, -0.1) is 10.1 Å². The molecule has 0 bridgehead atoms. The van der Waals surface area contributed by atoms with Gasteiger partial charge in [0.15, 0.2) is 5.96 Å². The van der Waals surface area contributed by atoms with Crippen LogP contribution in [0.5, 0.6) is 0 Å². The van der Waals surface area contributed by atoms with Crippen LogP contribution in [0.2, 0.25) is 0 Å². The number of hydrogen-bond donors (Lipinski definition) is 5. The lowest BCUT2D eigenvalue weighted by Crippen LogP contribution is -2.20. The number of carbonyl (C=O) groups excluding carboxylic acids is 1. The number of rotatable bonds is 0. The lowest BCUT2D eigenvalue weighted by Gasteiger charge is -1.69. The molecule has 12 heavy (non-hydrogen) atoms. The highest BCUT2D eigenvalue weighted by atomic mass is 16.9. The molecule has 0 atom stereocenters. The van der Waals surface area contributed by atoms with Crippen LogP contribution in [0.15, 0.2) is 0 Å². The smallest absolute Gasteiger partial charge is 0.291 e. The third-order valence-electron chi connectivity index (χ3n) is 0. The highest BCUT2D eigenvalue weighted by Crippen LogP contribution is 1.38. The third kappa shape index (κ3) is 90.1. The standard InChI is InChI=1S/C2H5NO.CH5N3.HNO3/c1-2(3)4;2*2-1(3)4/h1H3,(H2,3,4);(H5,2,3,4);(H,2,3,4). The molecule has 0 fully saturated rings. The minimum Gasteiger partial charge on any atom is -0.370 e. The summed E-state index contributed by atoms with van der Waals surface area (Å²) in [5, 5.41) is 19.7. The topological polar surface area (TPSA) is 182 Å². The number of amides is 1. The number of nitrogens with zero attached hydrogens (tertiary/aromatic N) is 1. The maximum Gasteiger partial charge on any atom is 0.291 e. The fraction of sp³-hybridized carbons (Fsp3) is 0.333. The average Bonchev–Trinajstić information content (AvgIpc) is 1.54. The Morgan fingerprint density at radius 2 is 1.50 bits per heavy atom. The van der Waals surface area contributed by atoms with E-state index in [4.69, 9.17) is 20.7 Å². The molecule has 0 radical (unpaired) electrons. The predicted molar refractivity (Wildman–Crippen MR) is 39.8 cm³/mol. The summed E-state index contributed by atoms with van der Waals surface area (Å²) in [5.74, 6) is -0.667. The molecule has 9 nitrogen and oxygen atoms in total. The van der Waals surface area contributed by atoms with Crippen molar-refractivity contribution >= 4 is 11.9 Å². The number of nitrogens with one attached hydrogen (secondary N) is 1. The van der Waals surface area contributed by atoms with Crippen molar-refractivity contribution in [3.8, 4) is 0 Å². The van der Waals surface area contributed by atoms with Crippen molar-refractivity contribution in [2.45, 2.75) is 6.92 Å². The summed E-state index contributed by atoms with van der Waals surface area (Å²) in [6.45, 7) is 1.31. The zero-order valence-corrected chi connectivity index (χ0v) is 6.35. The zero-order chi connectivity index (χ0) is 10.7. The van der Waals surface area contributed by atoms with Crippen LogP contribution in [0.4, 0.5) is 0 Å². The second-order valence-corrected chi connectivity index (χ2v) is 1.30. The monoisotopic (exact) mass is 181 g/mol. The maximum absolute atomic E-state index is 9.22. The Bertz CT molecular complexity index is 116. The van der Waals surface area contributed by atoms with E-state index in [1.807, 2.05) is 0 Å². The van der Waals surface area contributed by atoms with Crippen LogP contribution >= 0.6 is 0 Å². The molecule has 0 saturated heterocycles. The first-order valence-corrected chi connectivity index (χ1v) is 2.39. The molecule has 9 heteroatoms. The molecule has 0 spiro atoms. The average molecular weight is 181 g/mol. The van der Waals surface area contributed by atoms with Crippen molar-refractivity contribution in [1.29, 1.82) is 5.41 Å². The van der Waals surface area contributed by atoms with Crippen molar-refractivity contribution < 1.29 is 15.1 Å². The Morgan fingerprint density at radius 3 is 1.50 bits per heavy atom. The van der Waals surface area contributed by atoms with E-state index in [1.54, 1.807) is 0 Å². The van der Waals surface area contributed by atoms with Crippen LogP contribution in [0.1, 0.15) is 6.92 Å². The van der Waals surface area contributed by atoms with E-state index in [0.29, 0.717) is 0 Å². The lowest BCUT2D eigenvalue weighted by atomic mass is 10.8. The Kier molecular flexibility index (Phi) is 16.1. The summed E-state index contributed by atoms with van der Waals surface area (Å²) in [4.78, 5) is 17.6. The van der Waals surface area contributed by atoms with E-state index in [9.17, 15) is 4.79 Å². The van der Waals surface area contributed by atoms with Gasteiger partial charge in [0.25, 0.3) is 5.09 Å². The maximum atomic E-state index is 9.22. The van der Waals surface area contributed by atoms with Crippen molar-refractivity contribution in [1.82, 2.24) is 0 Å². The summed E-state index contributed by atoms with van der Waals surface area (Å²) in [6, 6.07) is 0. The molecule has 8 N–H and O–H groups in total. The van der Waals surface area contributed by atoms with E-state index >= 15 is 0 Å². The first kappa shape index (κ1) is 16.5. The largest absolute Gasteiger partial charge is 0.370 e. The lowest BCUT2D eigenvalue weighted by molar-refractivity contribution is -0.742. The van der Waals surface area contributed by atoms with Crippen molar-refractivity contribution in [2.75, 3.05) is 0 Å². The molecule has 0 aliphatic heterocycles. The van der Waals surface area contributed by atoms with E-state index in [1.165, 1.54) is 6.92 Å². The molecule has 0 unspecified atom stereocenters. The highest BCUT2D eigenvalue weighted by Gasteiger charge is 1.65. The van der Waals surface area contributed by atoms with E-state index < -0.39 is 5.09 Å². The van der Waals surface area contributed by atoms with Gasteiger partial charge < -0.3 is 22.4 Å². The third-order valence-corrected chi connectivity index (χ3v) is 0. The fourth-order valence-corrected chi connectivity index (χ4v) is 0. The van der Waals surface area contributed by atoms with E-state index in [0.717, 1.165) is 0 Å². The van der Waals surface area contributed by atoms with Crippen LogP contribution in [0.25, 0.3) is 0 Å². The van der Waals surface area contributed by atoms with Gasteiger partial charge >= 0.3 is 0 Å². The molecule has 72 valence electrons.